The Kier molecular flexibility index (Phi) is 15.7. The number of halogens is 3. The summed E-state index contributed by atoms with van der Waals surface area (Å²) in [5.74, 6) is -0.107. The summed E-state index contributed by atoms with van der Waals surface area (Å²) < 4.78 is 38.8. The van der Waals surface area contributed by atoms with E-state index in [-0.39, 0.29) is 5.91 Å². The van der Waals surface area contributed by atoms with Crippen molar-refractivity contribution in [1.29, 1.82) is 0 Å². The van der Waals surface area contributed by atoms with Gasteiger partial charge >= 0.3 is 6.18 Å². The summed E-state index contributed by atoms with van der Waals surface area (Å²) in [6, 6.07) is 5.10. The van der Waals surface area contributed by atoms with E-state index in [1.54, 1.807) is 6.07 Å². The molecule has 1 aromatic carbocycles. The van der Waals surface area contributed by atoms with Crippen molar-refractivity contribution in [3.63, 3.8) is 0 Å². The third kappa shape index (κ3) is 14.2. The fraction of sp³-hybridized carbons (Fsp3) is 0.679. The Morgan fingerprint density at radius 3 is 1.76 bits per heavy atom. The normalized spacial score (nSPS) is 11.9. The molecule has 0 aliphatic carbocycles. The molecule has 0 aliphatic rings. The first-order valence-corrected chi connectivity index (χ1v) is 13.0. The third-order valence-corrected chi connectivity index (χ3v) is 6.01. The van der Waals surface area contributed by atoms with Crippen molar-refractivity contribution in [2.75, 3.05) is 13.1 Å². The summed E-state index contributed by atoms with van der Waals surface area (Å²) in [6.45, 7) is 5.85. The molecule has 1 aromatic rings. The second-order valence-corrected chi connectivity index (χ2v) is 9.02. The minimum atomic E-state index is -4.38. The molecule has 188 valence electrons. The molecular formula is C28H44F3NO. The van der Waals surface area contributed by atoms with E-state index in [2.05, 4.69) is 13.8 Å². The number of carbonyl (C=O) groups excluding carboxylic acids is 1. The largest absolute Gasteiger partial charge is 0.416 e. The Labute approximate surface area is 199 Å². The Bertz CT molecular complexity index is 651. The number of hydrogen-bond acceptors (Lipinski definition) is 1. The fourth-order valence-corrected chi connectivity index (χ4v) is 3.94. The van der Waals surface area contributed by atoms with Crippen molar-refractivity contribution >= 4 is 12.0 Å². The van der Waals surface area contributed by atoms with Crippen molar-refractivity contribution < 1.29 is 18.0 Å². The highest BCUT2D eigenvalue weighted by Gasteiger charge is 2.30. The Balaban J connectivity index is 2.58. The van der Waals surface area contributed by atoms with Crippen LogP contribution in [0.5, 0.6) is 0 Å². The lowest BCUT2D eigenvalue weighted by atomic mass is 10.1. The second-order valence-electron chi connectivity index (χ2n) is 9.02. The van der Waals surface area contributed by atoms with Crippen LogP contribution in [-0.2, 0) is 11.0 Å². The molecule has 1 amide bonds. The minimum Gasteiger partial charge on any atom is -0.339 e. The molecule has 0 spiro atoms. The molecule has 0 saturated heterocycles. The zero-order valence-corrected chi connectivity index (χ0v) is 20.8. The molecule has 33 heavy (non-hydrogen) atoms. The van der Waals surface area contributed by atoms with Gasteiger partial charge in [-0.2, -0.15) is 13.2 Å². The molecule has 5 heteroatoms. The van der Waals surface area contributed by atoms with E-state index in [0.717, 1.165) is 50.9 Å². The molecular weight excluding hydrogens is 423 g/mol. The topological polar surface area (TPSA) is 20.3 Å². The van der Waals surface area contributed by atoms with Gasteiger partial charge in [0.15, 0.2) is 0 Å². The first-order valence-electron chi connectivity index (χ1n) is 13.0. The van der Waals surface area contributed by atoms with Crippen LogP contribution in [0.3, 0.4) is 0 Å². The average molecular weight is 468 g/mol. The molecule has 0 atom stereocenters. The van der Waals surface area contributed by atoms with Gasteiger partial charge in [-0.05, 0) is 36.6 Å². The van der Waals surface area contributed by atoms with Crippen molar-refractivity contribution in [3.8, 4) is 0 Å². The van der Waals surface area contributed by atoms with Gasteiger partial charge in [-0.1, -0.05) is 103 Å². The summed E-state index contributed by atoms with van der Waals surface area (Å²) in [5.41, 5.74) is -0.301. The van der Waals surface area contributed by atoms with Crippen LogP contribution < -0.4 is 0 Å². The van der Waals surface area contributed by atoms with Gasteiger partial charge in [-0.15, -0.1) is 0 Å². The molecule has 2 nitrogen and oxygen atoms in total. The first-order chi connectivity index (χ1) is 15.9. The number of unbranched alkanes of at least 4 members (excludes halogenated alkanes) is 12. The smallest absolute Gasteiger partial charge is 0.339 e. The molecule has 0 heterocycles. The number of benzene rings is 1. The number of hydrogen-bond donors (Lipinski definition) is 0. The zero-order valence-electron chi connectivity index (χ0n) is 20.8. The monoisotopic (exact) mass is 467 g/mol. The van der Waals surface area contributed by atoms with Crippen LogP contribution >= 0.6 is 0 Å². The molecule has 0 fully saturated rings. The maximum atomic E-state index is 12.9. The van der Waals surface area contributed by atoms with Gasteiger partial charge in [0.25, 0.3) is 0 Å². The van der Waals surface area contributed by atoms with Gasteiger partial charge in [-0.25, -0.2) is 0 Å². The van der Waals surface area contributed by atoms with E-state index in [0.29, 0.717) is 5.56 Å². The van der Waals surface area contributed by atoms with Gasteiger partial charge in [0.1, 0.15) is 0 Å². The molecule has 0 N–H and O–H groups in total. The SMILES string of the molecule is CCCCCCCCCN(CCCCCCCCC)C(=O)/C=C/c1cccc(C(F)(F)F)c1. The van der Waals surface area contributed by atoms with Crippen LogP contribution in [0.1, 0.15) is 115 Å². The summed E-state index contributed by atoms with van der Waals surface area (Å²) in [5, 5.41) is 0. The van der Waals surface area contributed by atoms with E-state index >= 15 is 0 Å². The van der Waals surface area contributed by atoms with E-state index in [4.69, 9.17) is 0 Å². The van der Waals surface area contributed by atoms with E-state index in [1.807, 2.05) is 4.90 Å². The van der Waals surface area contributed by atoms with Gasteiger partial charge in [0, 0.05) is 19.2 Å². The van der Waals surface area contributed by atoms with Crippen molar-refractivity contribution in [2.45, 2.75) is 110 Å². The number of alkyl halides is 3. The van der Waals surface area contributed by atoms with Crippen molar-refractivity contribution in [1.82, 2.24) is 4.90 Å². The minimum absolute atomic E-state index is 0.107. The predicted molar refractivity (Wildman–Crippen MR) is 133 cm³/mol. The maximum Gasteiger partial charge on any atom is 0.416 e. The number of amides is 1. The molecule has 0 aliphatic heterocycles. The Morgan fingerprint density at radius 1 is 0.788 bits per heavy atom. The van der Waals surface area contributed by atoms with Crippen LogP contribution in [0.4, 0.5) is 13.2 Å². The van der Waals surface area contributed by atoms with Crippen LogP contribution in [0.15, 0.2) is 30.3 Å². The van der Waals surface area contributed by atoms with Crippen LogP contribution in [-0.4, -0.2) is 23.9 Å². The molecule has 0 aromatic heterocycles. The van der Waals surface area contributed by atoms with Gasteiger partial charge in [0.05, 0.1) is 5.56 Å². The Morgan fingerprint density at radius 2 is 1.27 bits per heavy atom. The number of nitrogens with zero attached hydrogens (tertiary/aromatic N) is 1. The quantitative estimate of drug-likeness (QED) is 0.156. The third-order valence-electron chi connectivity index (χ3n) is 6.01. The van der Waals surface area contributed by atoms with Gasteiger partial charge in [0.2, 0.25) is 5.91 Å². The molecule has 1 rings (SSSR count). The summed E-state index contributed by atoms with van der Waals surface area (Å²) >= 11 is 0. The van der Waals surface area contributed by atoms with Crippen LogP contribution in [0.2, 0.25) is 0 Å². The lowest BCUT2D eigenvalue weighted by Gasteiger charge is -2.21. The van der Waals surface area contributed by atoms with Gasteiger partial charge < -0.3 is 4.90 Å². The summed E-state index contributed by atoms with van der Waals surface area (Å²) in [4.78, 5) is 14.7. The maximum absolute atomic E-state index is 12.9. The highest BCUT2D eigenvalue weighted by Crippen LogP contribution is 2.29. The fourth-order valence-electron chi connectivity index (χ4n) is 3.94. The standard InChI is InChI=1S/C28H44F3NO/c1-3-5-7-9-11-13-15-22-32(23-16-14-12-10-8-6-4-2)27(33)21-20-25-18-17-19-26(24-25)28(29,30)31/h17-21,24H,3-16,22-23H2,1-2H3/b21-20+. The highest BCUT2D eigenvalue weighted by atomic mass is 19.4. The summed E-state index contributed by atoms with van der Waals surface area (Å²) in [7, 11) is 0. The molecule has 0 radical (unpaired) electrons. The Hall–Kier alpha value is -1.78. The predicted octanol–water partition coefficient (Wildman–Crippen LogP) is 9.05. The molecule has 0 unspecified atom stereocenters. The van der Waals surface area contributed by atoms with E-state index in [9.17, 15) is 18.0 Å². The van der Waals surface area contributed by atoms with E-state index in [1.165, 1.54) is 82.4 Å². The highest BCUT2D eigenvalue weighted by molar-refractivity contribution is 5.91. The summed E-state index contributed by atoms with van der Waals surface area (Å²) in [6.07, 6.45) is 15.2. The average Bonchev–Trinajstić information content (AvgIpc) is 2.79. The second kappa shape index (κ2) is 17.7. The van der Waals surface area contributed by atoms with Crippen LogP contribution in [0.25, 0.3) is 6.08 Å². The van der Waals surface area contributed by atoms with E-state index < -0.39 is 11.7 Å². The zero-order chi connectivity index (χ0) is 24.4. The van der Waals surface area contributed by atoms with Crippen LogP contribution in [0, 0.1) is 0 Å². The lowest BCUT2D eigenvalue weighted by Crippen LogP contribution is -2.31. The first kappa shape index (κ1) is 29.3. The van der Waals surface area contributed by atoms with Crippen molar-refractivity contribution in [3.05, 3.63) is 41.5 Å². The molecule has 0 bridgehead atoms. The number of rotatable bonds is 18. The lowest BCUT2D eigenvalue weighted by molar-refractivity contribution is -0.137. The van der Waals surface area contributed by atoms with Crippen molar-refractivity contribution in [2.24, 2.45) is 0 Å². The van der Waals surface area contributed by atoms with Gasteiger partial charge in [-0.3, -0.25) is 4.79 Å². The number of carbonyl (C=O) groups is 1. The molecule has 0 saturated carbocycles.